The number of anilines is 3. The highest BCUT2D eigenvalue weighted by Crippen LogP contribution is 2.21. The number of nitrogens with zero attached hydrogens (tertiary/aromatic N) is 2. The fourth-order valence-corrected chi connectivity index (χ4v) is 2.49. The molecule has 0 unspecified atom stereocenters. The van der Waals surface area contributed by atoms with Crippen molar-refractivity contribution in [1.29, 1.82) is 0 Å². The van der Waals surface area contributed by atoms with E-state index in [-0.39, 0.29) is 5.69 Å². The fourth-order valence-electron chi connectivity index (χ4n) is 2.49. The molecular formula is C20H17FN4O3. The molecule has 0 saturated heterocycles. The van der Waals surface area contributed by atoms with Gasteiger partial charge in [-0.1, -0.05) is 12.1 Å². The Hall–Kier alpha value is -3.81. The number of ether oxygens (including phenoxy) is 1. The maximum atomic E-state index is 13.0. The molecule has 0 aliphatic carbocycles. The van der Waals surface area contributed by atoms with Crippen LogP contribution in [0.1, 0.15) is 26.7 Å². The van der Waals surface area contributed by atoms with Crippen LogP contribution in [0.3, 0.4) is 0 Å². The summed E-state index contributed by atoms with van der Waals surface area (Å²) in [6, 6.07) is 13.6. The van der Waals surface area contributed by atoms with Crippen LogP contribution in [0.2, 0.25) is 0 Å². The molecule has 0 radical (unpaired) electrons. The molecule has 1 amide bonds. The lowest BCUT2D eigenvalue weighted by atomic mass is 10.2. The summed E-state index contributed by atoms with van der Waals surface area (Å²) in [7, 11) is 1.30. The zero-order chi connectivity index (χ0) is 20.1. The average Bonchev–Trinajstić information content (AvgIpc) is 2.69. The largest absolute Gasteiger partial charge is 0.465 e. The number of rotatable bonds is 5. The lowest BCUT2D eigenvalue weighted by Gasteiger charge is -2.12. The summed E-state index contributed by atoms with van der Waals surface area (Å²) in [6.07, 6.45) is 0. The molecule has 142 valence electrons. The first-order valence-corrected chi connectivity index (χ1v) is 8.33. The maximum Gasteiger partial charge on any atom is 0.339 e. The van der Waals surface area contributed by atoms with E-state index >= 15 is 0 Å². The highest BCUT2D eigenvalue weighted by Gasteiger charge is 2.14. The van der Waals surface area contributed by atoms with Gasteiger partial charge in [-0.15, -0.1) is 0 Å². The van der Waals surface area contributed by atoms with Crippen molar-refractivity contribution in [3.05, 3.63) is 77.5 Å². The van der Waals surface area contributed by atoms with E-state index in [1.54, 1.807) is 31.2 Å². The van der Waals surface area contributed by atoms with Gasteiger partial charge >= 0.3 is 5.97 Å². The molecule has 3 rings (SSSR count). The van der Waals surface area contributed by atoms with Crippen molar-refractivity contribution in [2.45, 2.75) is 6.92 Å². The molecule has 1 aromatic heterocycles. The maximum absolute atomic E-state index is 13.0. The number of aryl methyl sites for hydroxylation is 1. The van der Waals surface area contributed by atoms with Gasteiger partial charge < -0.3 is 15.4 Å². The second-order valence-corrected chi connectivity index (χ2v) is 5.81. The van der Waals surface area contributed by atoms with Gasteiger partial charge in [0, 0.05) is 11.8 Å². The van der Waals surface area contributed by atoms with Crippen LogP contribution in [0.25, 0.3) is 0 Å². The molecule has 0 fully saturated rings. The van der Waals surface area contributed by atoms with Gasteiger partial charge in [-0.25, -0.2) is 19.2 Å². The number of hydrogen-bond acceptors (Lipinski definition) is 6. The molecule has 7 nitrogen and oxygen atoms in total. The van der Waals surface area contributed by atoms with E-state index < -0.39 is 17.7 Å². The van der Waals surface area contributed by atoms with E-state index in [9.17, 15) is 14.0 Å². The summed E-state index contributed by atoms with van der Waals surface area (Å²) in [5.41, 5.74) is 1.37. The predicted octanol–water partition coefficient (Wildman–Crippen LogP) is 3.71. The van der Waals surface area contributed by atoms with Gasteiger partial charge in [0.05, 0.1) is 18.4 Å². The molecule has 2 N–H and O–H groups in total. The minimum atomic E-state index is -0.497. The van der Waals surface area contributed by atoms with Crippen LogP contribution in [-0.2, 0) is 4.74 Å². The number of halogens is 1. The quantitative estimate of drug-likeness (QED) is 0.656. The average molecular weight is 380 g/mol. The number of carbonyl (C=O) groups is 2. The highest BCUT2D eigenvalue weighted by molar-refractivity contribution is 6.03. The zero-order valence-corrected chi connectivity index (χ0v) is 15.2. The third kappa shape index (κ3) is 4.47. The summed E-state index contributed by atoms with van der Waals surface area (Å²) in [5, 5.41) is 5.66. The highest BCUT2D eigenvalue weighted by atomic mass is 19.1. The van der Waals surface area contributed by atoms with Gasteiger partial charge in [0.2, 0.25) is 0 Å². The molecule has 0 bridgehead atoms. The number of benzene rings is 2. The Labute approximate surface area is 160 Å². The Kier molecular flexibility index (Phi) is 5.59. The summed E-state index contributed by atoms with van der Waals surface area (Å²) in [4.78, 5) is 32.8. The van der Waals surface area contributed by atoms with Crippen LogP contribution >= 0.6 is 0 Å². The van der Waals surface area contributed by atoms with Crippen LogP contribution in [0, 0.1) is 12.7 Å². The van der Waals surface area contributed by atoms with Crippen LogP contribution in [0.15, 0.2) is 54.6 Å². The SMILES string of the molecule is COC(=O)c1ccccc1Nc1cc(C(=O)Nc2ccc(F)cc2)nc(C)n1. The number of nitrogens with one attached hydrogen (secondary N) is 2. The van der Waals surface area contributed by atoms with Crippen LogP contribution in [-0.4, -0.2) is 29.0 Å². The van der Waals surface area contributed by atoms with Gasteiger partial charge in [-0.3, -0.25) is 4.79 Å². The van der Waals surface area contributed by atoms with E-state index in [1.807, 2.05) is 0 Å². The van der Waals surface area contributed by atoms with Crippen molar-refractivity contribution in [2.75, 3.05) is 17.7 Å². The van der Waals surface area contributed by atoms with Gasteiger partial charge in [0.15, 0.2) is 0 Å². The van der Waals surface area contributed by atoms with Gasteiger partial charge in [-0.2, -0.15) is 0 Å². The Balaban J connectivity index is 1.85. The summed E-state index contributed by atoms with van der Waals surface area (Å²) in [6.45, 7) is 1.64. The normalized spacial score (nSPS) is 10.2. The third-order valence-corrected chi connectivity index (χ3v) is 3.77. The zero-order valence-electron chi connectivity index (χ0n) is 15.2. The molecule has 0 saturated carbocycles. The minimum absolute atomic E-state index is 0.120. The minimum Gasteiger partial charge on any atom is -0.465 e. The fraction of sp³-hybridized carbons (Fsp3) is 0.100. The van der Waals surface area contributed by atoms with E-state index in [0.29, 0.717) is 28.6 Å². The molecule has 3 aromatic rings. The number of carbonyl (C=O) groups excluding carboxylic acids is 2. The van der Waals surface area contributed by atoms with Crippen molar-refractivity contribution in [3.63, 3.8) is 0 Å². The molecule has 28 heavy (non-hydrogen) atoms. The van der Waals surface area contributed by atoms with Crippen molar-refractivity contribution in [3.8, 4) is 0 Å². The molecule has 0 spiro atoms. The van der Waals surface area contributed by atoms with E-state index in [2.05, 4.69) is 20.6 Å². The number of methoxy groups -OCH3 is 1. The van der Waals surface area contributed by atoms with Crippen LogP contribution in [0.5, 0.6) is 0 Å². The first-order chi connectivity index (χ1) is 13.5. The van der Waals surface area contributed by atoms with Gasteiger partial charge in [-0.05, 0) is 43.3 Å². The second-order valence-electron chi connectivity index (χ2n) is 5.81. The van der Waals surface area contributed by atoms with Crippen LogP contribution < -0.4 is 10.6 Å². The van der Waals surface area contributed by atoms with Crippen LogP contribution in [0.4, 0.5) is 21.6 Å². The monoisotopic (exact) mass is 380 g/mol. The number of aromatic nitrogens is 2. The van der Waals surface area contributed by atoms with Crippen molar-refractivity contribution in [1.82, 2.24) is 9.97 Å². The Morgan fingerprint density at radius 1 is 1.04 bits per heavy atom. The number of esters is 1. The van der Waals surface area contributed by atoms with Crippen molar-refractivity contribution in [2.24, 2.45) is 0 Å². The topological polar surface area (TPSA) is 93.2 Å². The Morgan fingerprint density at radius 3 is 2.46 bits per heavy atom. The molecule has 0 aliphatic heterocycles. The summed E-state index contributed by atoms with van der Waals surface area (Å²) >= 11 is 0. The number of hydrogen-bond donors (Lipinski definition) is 2. The number of amides is 1. The lowest BCUT2D eigenvalue weighted by molar-refractivity contribution is 0.0601. The van der Waals surface area contributed by atoms with E-state index in [1.165, 1.54) is 37.4 Å². The van der Waals surface area contributed by atoms with Crippen molar-refractivity contribution < 1.29 is 18.7 Å². The second kappa shape index (κ2) is 8.26. The third-order valence-electron chi connectivity index (χ3n) is 3.77. The summed E-state index contributed by atoms with van der Waals surface area (Å²) in [5.74, 6) is -0.658. The molecule has 0 aliphatic rings. The van der Waals surface area contributed by atoms with Crippen molar-refractivity contribution >= 4 is 29.1 Å². The predicted molar refractivity (Wildman–Crippen MR) is 102 cm³/mol. The molecule has 1 heterocycles. The number of para-hydroxylation sites is 1. The molecule has 2 aromatic carbocycles. The Bertz CT molecular complexity index is 1020. The molecular weight excluding hydrogens is 363 g/mol. The molecule has 0 atom stereocenters. The van der Waals surface area contributed by atoms with Gasteiger partial charge in [0.1, 0.15) is 23.2 Å². The smallest absolute Gasteiger partial charge is 0.339 e. The molecule has 8 heteroatoms. The van der Waals surface area contributed by atoms with E-state index in [0.717, 1.165) is 0 Å². The van der Waals surface area contributed by atoms with Gasteiger partial charge in [0.25, 0.3) is 5.91 Å². The first kappa shape index (κ1) is 19.0. The lowest BCUT2D eigenvalue weighted by Crippen LogP contribution is -2.15. The van der Waals surface area contributed by atoms with E-state index in [4.69, 9.17) is 4.74 Å². The summed E-state index contributed by atoms with van der Waals surface area (Å²) < 4.78 is 17.8. The standard InChI is InChI=1S/C20H17FN4O3/c1-12-22-17(19(26)24-14-9-7-13(21)8-10-14)11-18(23-12)25-16-6-4-3-5-15(16)20(27)28-2/h3-11H,1-2H3,(H,24,26)(H,22,23,25). The Morgan fingerprint density at radius 2 is 1.75 bits per heavy atom. The first-order valence-electron chi connectivity index (χ1n) is 8.33.